The smallest absolute Gasteiger partial charge is 0.251 e. The highest BCUT2D eigenvalue weighted by Gasteiger charge is 2.24. The quantitative estimate of drug-likeness (QED) is 0.504. The monoisotopic (exact) mass is 519 g/mol. The highest BCUT2D eigenvalue weighted by Crippen LogP contribution is 2.28. The predicted octanol–water partition coefficient (Wildman–Crippen LogP) is 4.81. The van der Waals surface area contributed by atoms with Crippen LogP contribution in [0.1, 0.15) is 42.6 Å². The van der Waals surface area contributed by atoms with E-state index in [2.05, 4.69) is 46.1 Å². The number of anilines is 1. The highest BCUT2D eigenvalue weighted by molar-refractivity contribution is 6.33. The second-order valence-electron chi connectivity index (χ2n) is 10.1. The second-order valence-corrected chi connectivity index (χ2v) is 10.6. The molecule has 0 bridgehead atoms. The number of rotatable bonds is 6. The molecule has 37 heavy (non-hydrogen) atoms. The van der Waals surface area contributed by atoms with Crippen molar-refractivity contribution in [1.82, 2.24) is 20.2 Å². The number of amides is 1. The molecule has 2 aliphatic heterocycles. The zero-order chi connectivity index (χ0) is 25.8. The van der Waals surface area contributed by atoms with E-state index >= 15 is 0 Å². The SMILES string of the molecule is CC1CN(c2ccc(CN3CCC(NC(=O)c4ccc(Cl)c(-c5cccnc5)c4)CC3)cn2)CC(C)O1. The number of ether oxygens (including phenoxy) is 1. The van der Waals surface area contributed by atoms with Crippen LogP contribution in [0.15, 0.2) is 61.1 Å². The van der Waals surface area contributed by atoms with Crippen LogP contribution in [0, 0.1) is 0 Å². The molecular formula is C29H34ClN5O2. The lowest BCUT2D eigenvalue weighted by Crippen LogP contribution is -2.45. The summed E-state index contributed by atoms with van der Waals surface area (Å²) >= 11 is 6.39. The second kappa shape index (κ2) is 11.6. The van der Waals surface area contributed by atoms with Gasteiger partial charge in [0.2, 0.25) is 0 Å². The molecule has 2 unspecified atom stereocenters. The number of morpholine rings is 1. The van der Waals surface area contributed by atoms with Gasteiger partial charge < -0.3 is 15.0 Å². The van der Waals surface area contributed by atoms with Gasteiger partial charge in [0.15, 0.2) is 0 Å². The maximum atomic E-state index is 13.0. The number of benzene rings is 1. The third-order valence-corrected chi connectivity index (χ3v) is 7.41. The summed E-state index contributed by atoms with van der Waals surface area (Å²) < 4.78 is 5.84. The van der Waals surface area contributed by atoms with Gasteiger partial charge in [-0.2, -0.15) is 0 Å². The predicted molar refractivity (Wildman–Crippen MR) is 147 cm³/mol. The van der Waals surface area contributed by atoms with E-state index in [4.69, 9.17) is 21.3 Å². The van der Waals surface area contributed by atoms with Gasteiger partial charge in [-0.15, -0.1) is 0 Å². The lowest BCUT2D eigenvalue weighted by Gasteiger charge is -2.36. The molecular weight excluding hydrogens is 486 g/mol. The number of carbonyl (C=O) groups excluding carboxylic acids is 1. The lowest BCUT2D eigenvalue weighted by molar-refractivity contribution is -0.00546. The van der Waals surface area contributed by atoms with Gasteiger partial charge in [-0.25, -0.2) is 4.98 Å². The van der Waals surface area contributed by atoms with E-state index in [1.807, 2.05) is 24.4 Å². The standard InChI is InChI=1S/C29H34ClN5O2/c1-20-17-35(18-21(2)37-20)28-8-5-22(15-32-28)19-34-12-9-25(10-13-34)33-29(36)23-6-7-27(30)26(14-23)24-4-3-11-31-16-24/h3-8,11,14-16,20-21,25H,9-10,12-13,17-19H2,1-2H3,(H,33,36). The van der Waals surface area contributed by atoms with E-state index in [0.717, 1.165) is 62.5 Å². The Morgan fingerprint density at radius 1 is 1.08 bits per heavy atom. The number of aromatic nitrogens is 2. The van der Waals surface area contributed by atoms with Gasteiger partial charge in [-0.3, -0.25) is 14.7 Å². The Hall–Kier alpha value is -3.00. The molecule has 5 rings (SSSR count). The number of hydrogen-bond acceptors (Lipinski definition) is 6. The van der Waals surface area contributed by atoms with E-state index in [1.165, 1.54) is 5.56 Å². The molecule has 7 nitrogen and oxygen atoms in total. The third-order valence-electron chi connectivity index (χ3n) is 7.08. The van der Waals surface area contributed by atoms with Gasteiger partial charge in [-0.1, -0.05) is 23.7 Å². The summed E-state index contributed by atoms with van der Waals surface area (Å²) in [4.78, 5) is 26.6. The van der Waals surface area contributed by atoms with Crippen LogP contribution in [-0.4, -0.2) is 65.2 Å². The summed E-state index contributed by atoms with van der Waals surface area (Å²) in [5.41, 5.74) is 3.53. The van der Waals surface area contributed by atoms with E-state index in [-0.39, 0.29) is 24.2 Å². The Labute approximate surface area is 223 Å². The minimum Gasteiger partial charge on any atom is -0.372 e. The number of nitrogens with one attached hydrogen (secondary N) is 1. The van der Waals surface area contributed by atoms with Crippen LogP contribution in [0.3, 0.4) is 0 Å². The molecule has 2 atom stereocenters. The van der Waals surface area contributed by atoms with Crippen molar-refractivity contribution in [1.29, 1.82) is 0 Å². The molecule has 1 N–H and O–H groups in total. The fraction of sp³-hybridized carbons (Fsp3) is 0.414. The molecule has 0 aliphatic carbocycles. The summed E-state index contributed by atoms with van der Waals surface area (Å²) in [6, 6.07) is 13.7. The average Bonchev–Trinajstić information content (AvgIpc) is 2.90. The fourth-order valence-electron chi connectivity index (χ4n) is 5.23. The molecule has 2 aliphatic rings. The Balaban J connectivity index is 1.12. The number of piperidine rings is 1. The summed E-state index contributed by atoms with van der Waals surface area (Å²) in [5, 5.41) is 3.82. The van der Waals surface area contributed by atoms with Crippen LogP contribution >= 0.6 is 11.6 Å². The number of carbonyl (C=O) groups is 1. The normalized spacial score (nSPS) is 21.1. The minimum absolute atomic E-state index is 0.0632. The fourth-order valence-corrected chi connectivity index (χ4v) is 5.46. The molecule has 1 aromatic carbocycles. The Morgan fingerprint density at radius 3 is 2.54 bits per heavy atom. The molecule has 0 spiro atoms. The summed E-state index contributed by atoms with van der Waals surface area (Å²) in [5.74, 6) is 0.952. The first-order valence-corrected chi connectivity index (χ1v) is 13.4. The van der Waals surface area contributed by atoms with Crippen LogP contribution < -0.4 is 10.2 Å². The first kappa shape index (κ1) is 25.6. The highest BCUT2D eigenvalue weighted by atomic mass is 35.5. The average molecular weight is 520 g/mol. The van der Waals surface area contributed by atoms with Crippen molar-refractivity contribution in [2.75, 3.05) is 31.1 Å². The van der Waals surface area contributed by atoms with Crippen LogP contribution in [-0.2, 0) is 11.3 Å². The summed E-state index contributed by atoms with van der Waals surface area (Å²) in [6.45, 7) is 8.71. The zero-order valence-electron chi connectivity index (χ0n) is 21.4. The van der Waals surface area contributed by atoms with E-state index < -0.39 is 0 Å². The van der Waals surface area contributed by atoms with Crippen LogP contribution in [0.5, 0.6) is 0 Å². The van der Waals surface area contributed by atoms with E-state index in [1.54, 1.807) is 24.5 Å². The van der Waals surface area contributed by atoms with Gasteiger partial charge in [-0.05, 0) is 62.6 Å². The van der Waals surface area contributed by atoms with Crippen LogP contribution in [0.4, 0.5) is 5.82 Å². The Kier molecular flexibility index (Phi) is 8.03. The lowest BCUT2D eigenvalue weighted by atomic mass is 10.0. The van der Waals surface area contributed by atoms with Crippen LogP contribution in [0.25, 0.3) is 11.1 Å². The van der Waals surface area contributed by atoms with Crippen molar-refractivity contribution in [2.45, 2.75) is 51.5 Å². The molecule has 1 amide bonds. The zero-order valence-corrected chi connectivity index (χ0v) is 22.2. The van der Waals surface area contributed by atoms with Crippen molar-refractivity contribution < 1.29 is 9.53 Å². The number of nitrogens with zero attached hydrogens (tertiary/aromatic N) is 4. The van der Waals surface area contributed by atoms with E-state index in [9.17, 15) is 4.79 Å². The van der Waals surface area contributed by atoms with Crippen molar-refractivity contribution >= 4 is 23.3 Å². The van der Waals surface area contributed by atoms with Gasteiger partial charge in [0.1, 0.15) is 5.82 Å². The largest absolute Gasteiger partial charge is 0.372 e. The van der Waals surface area contributed by atoms with Gasteiger partial charge in [0.05, 0.1) is 12.2 Å². The first-order valence-electron chi connectivity index (χ1n) is 13.0. The molecule has 194 valence electrons. The topological polar surface area (TPSA) is 70.6 Å². The van der Waals surface area contributed by atoms with Crippen molar-refractivity contribution in [2.24, 2.45) is 0 Å². The Bertz CT molecular complexity index is 1190. The van der Waals surface area contributed by atoms with E-state index in [0.29, 0.717) is 10.6 Å². The molecule has 0 saturated carbocycles. The van der Waals surface area contributed by atoms with Crippen molar-refractivity contribution in [3.05, 3.63) is 77.2 Å². The molecule has 2 saturated heterocycles. The number of halogens is 1. The molecule has 3 aromatic rings. The van der Waals surface area contributed by atoms with Gasteiger partial charge in [0.25, 0.3) is 5.91 Å². The molecule has 2 fully saturated rings. The third kappa shape index (κ3) is 6.47. The maximum absolute atomic E-state index is 13.0. The molecule has 0 radical (unpaired) electrons. The molecule has 2 aromatic heterocycles. The number of likely N-dealkylation sites (tertiary alicyclic amines) is 1. The van der Waals surface area contributed by atoms with Gasteiger partial charge in [0, 0.05) is 79.1 Å². The number of pyridine rings is 2. The number of hydrogen-bond donors (Lipinski definition) is 1. The summed E-state index contributed by atoms with van der Waals surface area (Å²) in [6.07, 6.45) is 7.75. The summed E-state index contributed by atoms with van der Waals surface area (Å²) in [7, 11) is 0. The van der Waals surface area contributed by atoms with Crippen molar-refractivity contribution in [3.63, 3.8) is 0 Å². The molecule has 8 heteroatoms. The first-order chi connectivity index (χ1) is 17.9. The minimum atomic E-state index is -0.0632. The Morgan fingerprint density at radius 2 is 1.86 bits per heavy atom. The van der Waals surface area contributed by atoms with Gasteiger partial charge >= 0.3 is 0 Å². The molecule has 4 heterocycles. The maximum Gasteiger partial charge on any atom is 0.251 e. The van der Waals surface area contributed by atoms with Crippen molar-refractivity contribution in [3.8, 4) is 11.1 Å². The van der Waals surface area contributed by atoms with Crippen LogP contribution in [0.2, 0.25) is 5.02 Å².